The molecule has 3 N–H and O–H groups in total. The molecule has 0 aliphatic rings. The van der Waals surface area contributed by atoms with Crippen LogP contribution < -0.4 is 11.2 Å². The zero-order valence-corrected chi connectivity index (χ0v) is 13.8. The van der Waals surface area contributed by atoms with Crippen LogP contribution >= 0.6 is 12.2 Å². The normalized spacial score (nSPS) is 10.5. The summed E-state index contributed by atoms with van der Waals surface area (Å²) in [5.74, 6) is 0.0909. The van der Waals surface area contributed by atoms with Crippen LogP contribution in [0.25, 0.3) is 0 Å². The number of hydrogen-bond acceptors (Lipinski definition) is 6. The number of nitrogens with one attached hydrogen (secondary N) is 1. The standard InChI is InChI=1S/C16H16N6OS/c1-11-2-4-12(5-3-11)14(23)10-21-16(24)22(15(17)20-21)19-13-6-8-18-9-7-13/h2-9H,10H2,1H3,(H2,17,20)(H,18,19). The SMILES string of the molecule is Cc1ccc(C(=O)Cn2nc(N)n(Nc3ccncc3)c2=S)cc1. The van der Waals surface area contributed by atoms with Crippen LogP contribution in [0.3, 0.4) is 0 Å². The number of Topliss-reactive ketones (excluding diaryl/α,β-unsaturated/α-hetero) is 1. The zero-order valence-electron chi connectivity index (χ0n) is 13.0. The molecular weight excluding hydrogens is 324 g/mol. The Morgan fingerprint density at radius 2 is 1.88 bits per heavy atom. The van der Waals surface area contributed by atoms with Crippen molar-refractivity contribution in [3.63, 3.8) is 0 Å². The van der Waals surface area contributed by atoms with Gasteiger partial charge in [-0.1, -0.05) is 29.8 Å². The molecule has 1 aromatic carbocycles. The maximum absolute atomic E-state index is 12.4. The molecule has 0 fully saturated rings. The summed E-state index contributed by atoms with van der Waals surface area (Å²) < 4.78 is 3.17. The molecule has 0 saturated heterocycles. The number of aromatic nitrogens is 4. The van der Waals surface area contributed by atoms with Gasteiger partial charge in [0.25, 0.3) is 0 Å². The van der Waals surface area contributed by atoms with Crippen molar-refractivity contribution in [2.24, 2.45) is 0 Å². The molecule has 0 saturated carbocycles. The molecule has 7 nitrogen and oxygen atoms in total. The fourth-order valence-electron chi connectivity index (χ4n) is 2.15. The van der Waals surface area contributed by atoms with Crippen LogP contribution in [0.1, 0.15) is 15.9 Å². The van der Waals surface area contributed by atoms with Gasteiger partial charge in [0.15, 0.2) is 5.78 Å². The van der Waals surface area contributed by atoms with Crippen molar-refractivity contribution < 1.29 is 4.79 Å². The van der Waals surface area contributed by atoms with Gasteiger partial charge in [-0.25, -0.2) is 4.68 Å². The third kappa shape index (κ3) is 3.33. The van der Waals surface area contributed by atoms with Crippen LogP contribution in [0.15, 0.2) is 48.8 Å². The van der Waals surface area contributed by atoms with Gasteiger partial charge >= 0.3 is 0 Å². The molecule has 0 atom stereocenters. The number of carbonyl (C=O) groups excluding carboxylic acids is 1. The molecule has 122 valence electrons. The summed E-state index contributed by atoms with van der Waals surface area (Å²) in [4.78, 5) is 16.3. The predicted octanol–water partition coefficient (Wildman–Crippen LogP) is 2.46. The van der Waals surface area contributed by atoms with Crippen molar-refractivity contribution in [2.45, 2.75) is 13.5 Å². The molecule has 0 unspecified atom stereocenters. The van der Waals surface area contributed by atoms with Gasteiger partial charge in [0, 0.05) is 18.0 Å². The molecule has 0 bridgehead atoms. The fraction of sp³-hybridized carbons (Fsp3) is 0.125. The van der Waals surface area contributed by atoms with E-state index in [0.717, 1.165) is 11.3 Å². The highest BCUT2D eigenvalue weighted by Gasteiger charge is 2.13. The first-order valence-corrected chi connectivity index (χ1v) is 7.67. The number of nitrogens with two attached hydrogens (primary N) is 1. The average molecular weight is 340 g/mol. The lowest BCUT2D eigenvalue weighted by atomic mass is 10.1. The third-order valence-corrected chi connectivity index (χ3v) is 3.85. The van der Waals surface area contributed by atoms with E-state index in [2.05, 4.69) is 15.5 Å². The minimum absolute atomic E-state index is 0.0249. The number of benzene rings is 1. The van der Waals surface area contributed by atoms with E-state index in [1.807, 2.05) is 19.1 Å². The second-order valence-electron chi connectivity index (χ2n) is 5.27. The highest BCUT2D eigenvalue weighted by molar-refractivity contribution is 7.71. The molecule has 0 aliphatic carbocycles. The van der Waals surface area contributed by atoms with Gasteiger partial charge in [-0.2, -0.15) is 4.68 Å². The Bertz CT molecular complexity index is 914. The number of anilines is 2. The second-order valence-corrected chi connectivity index (χ2v) is 5.64. The molecular formula is C16H16N6OS. The molecule has 0 spiro atoms. The van der Waals surface area contributed by atoms with E-state index in [1.165, 1.54) is 9.36 Å². The lowest BCUT2D eigenvalue weighted by molar-refractivity contribution is 0.0967. The van der Waals surface area contributed by atoms with Gasteiger partial charge in [-0.15, -0.1) is 5.10 Å². The largest absolute Gasteiger partial charge is 0.366 e. The third-order valence-electron chi connectivity index (χ3n) is 3.45. The maximum Gasteiger partial charge on any atom is 0.240 e. The van der Waals surface area contributed by atoms with Crippen molar-refractivity contribution in [2.75, 3.05) is 11.2 Å². The Hall–Kier alpha value is -3.00. The summed E-state index contributed by atoms with van der Waals surface area (Å²) in [6.07, 6.45) is 3.29. The second kappa shape index (κ2) is 6.63. The number of nitrogens with zero attached hydrogens (tertiary/aromatic N) is 4. The summed E-state index contributed by atoms with van der Waals surface area (Å²) >= 11 is 5.35. The number of carbonyl (C=O) groups is 1. The number of aryl methyl sites for hydroxylation is 1. The van der Waals surface area contributed by atoms with Crippen molar-refractivity contribution in [3.8, 4) is 0 Å². The number of pyridine rings is 1. The highest BCUT2D eigenvalue weighted by Crippen LogP contribution is 2.10. The molecule has 2 heterocycles. The Labute approximate surface area is 143 Å². The Kier molecular flexibility index (Phi) is 4.39. The summed E-state index contributed by atoms with van der Waals surface area (Å²) in [5, 5.41) is 4.14. The minimum atomic E-state index is -0.0836. The number of hydrogen-bond donors (Lipinski definition) is 2. The zero-order chi connectivity index (χ0) is 17.1. The number of rotatable bonds is 5. The van der Waals surface area contributed by atoms with Crippen molar-refractivity contribution in [1.29, 1.82) is 0 Å². The fourth-order valence-corrected chi connectivity index (χ4v) is 2.40. The van der Waals surface area contributed by atoms with Crippen LogP contribution in [-0.2, 0) is 6.54 Å². The van der Waals surface area contributed by atoms with Crippen LogP contribution in [0, 0.1) is 11.7 Å². The smallest absolute Gasteiger partial charge is 0.240 e. The van der Waals surface area contributed by atoms with Gasteiger partial charge in [-0.05, 0) is 31.3 Å². The van der Waals surface area contributed by atoms with Gasteiger partial charge in [-0.3, -0.25) is 15.2 Å². The van der Waals surface area contributed by atoms with Crippen LogP contribution in [0.2, 0.25) is 0 Å². The Balaban J connectivity index is 1.82. The quantitative estimate of drug-likeness (QED) is 0.548. The molecule has 24 heavy (non-hydrogen) atoms. The summed E-state index contributed by atoms with van der Waals surface area (Å²) in [5.41, 5.74) is 11.4. The first-order chi connectivity index (χ1) is 11.5. The van der Waals surface area contributed by atoms with Crippen molar-refractivity contribution in [3.05, 3.63) is 64.7 Å². The summed E-state index contributed by atoms with van der Waals surface area (Å²) in [7, 11) is 0. The van der Waals surface area contributed by atoms with E-state index in [9.17, 15) is 4.79 Å². The number of nitrogen functional groups attached to an aromatic ring is 1. The van der Waals surface area contributed by atoms with E-state index in [-0.39, 0.29) is 18.3 Å². The van der Waals surface area contributed by atoms with Crippen molar-refractivity contribution in [1.82, 2.24) is 19.4 Å². The van der Waals surface area contributed by atoms with Gasteiger partial charge in [0.1, 0.15) is 6.54 Å². The van der Waals surface area contributed by atoms with Gasteiger partial charge in [0.2, 0.25) is 10.7 Å². The van der Waals surface area contributed by atoms with Gasteiger partial charge in [0.05, 0.1) is 5.69 Å². The van der Waals surface area contributed by atoms with Crippen LogP contribution in [0.4, 0.5) is 11.6 Å². The molecule has 2 aromatic heterocycles. The van der Waals surface area contributed by atoms with E-state index >= 15 is 0 Å². The van der Waals surface area contributed by atoms with Gasteiger partial charge < -0.3 is 5.73 Å². The monoisotopic (exact) mass is 340 g/mol. The molecule has 0 aliphatic heterocycles. The van der Waals surface area contributed by atoms with E-state index in [0.29, 0.717) is 10.3 Å². The summed E-state index contributed by atoms with van der Waals surface area (Å²) in [6, 6.07) is 10.9. The average Bonchev–Trinajstić information content (AvgIpc) is 2.84. The lowest BCUT2D eigenvalue weighted by Gasteiger charge is -2.07. The Morgan fingerprint density at radius 1 is 1.21 bits per heavy atom. The van der Waals surface area contributed by atoms with E-state index in [4.69, 9.17) is 18.0 Å². The van der Waals surface area contributed by atoms with Crippen LogP contribution in [0.5, 0.6) is 0 Å². The summed E-state index contributed by atoms with van der Waals surface area (Å²) in [6.45, 7) is 1.99. The predicted molar refractivity (Wildman–Crippen MR) is 94.2 cm³/mol. The molecule has 0 amide bonds. The minimum Gasteiger partial charge on any atom is -0.366 e. The van der Waals surface area contributed by atoms with Crippen molar-refractivity contribution >= 4 is 29.6 Å². The molecule has 8 heteroatoms. The molecule has 0 radical (unpaired) electrons. The first-order valence-electron chi connectivity index (χ1n) is 7.27. The lowest BCUT2D eigenvalue weighted by Crippen LogP contribution is -2.14. The topological polar surface area (TPSA) is 90.8 Å². The van der Waals surface area contributed by atoms with Crippen LogP contribution in [-0.4, -0.2) is 25.2 Å². The number of ketones is 1. The Morgan fingerprint density at radius 3 is 2.54 bits per heavy atom. The van der Waals surface area contributed by atoms with E-state index < -0.39 is 0 Å². The van der Waals surface area contributed by atoms with E-state index in [1.54, 1.807) is 36.7 Å². The molecule has 3 aromatic rings. The molecule has 3 rings (SSSR count). The maximum atomic E-state index is 12.4. The first kappa shape index (κ1) is 15.9. The highest BCUT2D eigenvalue weighted by atomic mass is 32.1.